The largest absolute Gasteiger partial charge is 0.493 e. The summed E-state index contributed by atoms with van der Waals surface area (Å²) in [5.41, 5.74) is 3.27. The molecule has 0 radical (unpaired) electrons. The van der Waals surface area contributed by atoms with Gasteiger partial charge in [-0.25, -0.2) is 8.42 Å². The fourth-order valence-corrected chi connectivity index (χ4v) is 6.58. The molecule has 0 aliphatic rings. The van der Waals surface area contributed by atoms with Crippen molar-refractivity contribution in [1.82, 2.24) is 9.30 Å². The molecule has 2 aromatic heterocycles. The van der Waals surface area contributed by atoms with Gasteiger partial charge in [-0.2, -0.15) is 0 Å². The topological polar surface area (TPSA) is 51.0 Å². The van der Waals surface area contributed by atoms with Gasteiger partial charge in [-0.1, -0.05) is 39.7 Å². The van der Waals surface area contributed by atoms with E-state index >= 15 is 0 Å². The zero-order valence-electron chi connectivity index (χ0n) is 22.5. The number of pyridine rings is 1. The molecule has 200 valence electrons. The maximum atomic E-state index is 13.8. The van der Waals surface area contributed by atoms with Crippen LogP contribution in [0.5, 0.6) is 5.75 Å². The Balaban J connectivity index is 0.00000456. The maximum Gasteiger partial charge on any atom is 0.209 e. The van der Waals surface area contributed by atoms with Crippen LogP contribution in [0, 0.1) is 13.8 Å². The number of rotatable bonds is 14. The van der Waals surface area contributed by atoms with Gasteiger partial charge in [0.25, 0.3) is 0 Å². The lowest BCUT2D eigenvalue weighted by Gasteiger charge is -2.22. The molecule has 0 fully saturated rings. The van der Waals surface area contributed by atoms with E-state index in [2.05, 4.69) is 18.7 Å². The summed E-state index contributed by atoms with van der Waals surface area (Å²) in [4.78, 5) is 3.28. The number of unbranched alkanes of at least 4 members (excludes halogenated alkanes) is 2. The zero-order chi connectivity index (χ0) is 25.4. The minimum Gasteiger partial charge on any atom is -0.493 e. The first-order chi connectivity index (χ1) is 16.8. The Labute approximate surface area is 224 Å². The Kier molecular flexibility index (Phi) is 11.8. The van der Waals surface area contributed by atoms with E-state index in [1.54, 1.807) is 12.1 Å². The van der Waals surface area contributed by atoms with E-state index < -0.39 is 9.84 Å². The van der Waals surface area contributed by atoms with E-state index in [-0.39, 0.29) is 12.4 Å². The number of benzene rings is 1. The molecular weight excluding hydrogens is 492 g/mol. The van der Waals surface area contributed by atoms with Gasteiger partial charge in [-0.15, -0.1) is 12.4 Å². The van der Waals surface area contributed by atoms with E-state index in [1.165, 1.54) is 25.7 Å². The zero-order valence-corrected chi connectivity index (χ0v) is 24.2. The van der Waals surface area contributed by atoms with Crippen molar-refractivity contribution in [2.45, 2.75) is 82.9 Å². The Morgan fingerprint density at radius 2 is 1.53 bits per heavy atom. The Morgan fingerprint density at radius 3 is 2.11 bits per heavy atom. The second kappa shape index (κ2) is 14.1. The van der Waals surface area contributed by atoms with Gasteiger partial charge in [0.15, 0.2) is 0 Å². The number of nitrogens with zero attached hydrogens (tertiary/aromatic N) is 2. The molecular formula is C29H43ClN2O3S. The normalized spacial score (nSPS) is 11.7. The molecule has 7 heteroatoms. The van der Waals surface area contributed by atoms with Crippen LogP contribution in [0.2, 0.25) is 0 Å². The fourth-order valence-electron chi connectivity index (χ4n) is 4.69. The molecule has 0 spiro atoms. The van der Waals surface area contributed by atoms with Crippen LogP contribution in [0.25, 0.3) is 5.52 Å². The molecule has 3 aromatic rings. The van der Waals surface area contributed by atoms with Crippen LogP contribution < -0.4 is 4.74 Å². The van der Waals surface area contributed by atoms with Gasteiger partial charge in [-0.3, -0.25) is 0 Å². The summed E-state index contributed by atoms with van der Waals surface area (Å²) in [7, 11) is -3.66. The van der Waals surface area contributed by atoms with Gasteiger partial charge in [0, 0.05) is 18.9 Å². The van der Waals surface area contributed by atoms with Crippen molar-refractivity contribution < 1.29 is 13.2 Å². The van der Waals surface area contributed by atoms with Crippen LogP contribution in [0.15, 0.2) is 52.5 Å². The second-order valence-corrected chi connectivity index (χ2v) is 11.4. The van der Waals surface area contributed by atoms with Gasteiger partial charge >= 0.3 is 0 Å². The van der Waals surface area contributed by atoms with Crippen LogP contribution >= 0.6 is 12.4 Å². The van der Waals surface area contributed by atoms with E-state index in [0.29, 0.717) is 22.8 Å². The van der Waals surface area contributed by atoms with Crippen molar-refractivity contribution in [3.63, 3.8) is 0 Å². The summed E-state index contributed by atoms with van der Waals surface area (Å²) in [5, 5.41) is 0. The molecule has 3 rings (SSSR count). The SMILES string of the molecule is CCCCN(CCCC)CCCOc1c(C)cc(S(=O)(=O)c2c(CC)cn3ccccc23)cc1C.Cl. The molecule has 0 aliphatic heterocycles. The number of halogens is 1. The van der Waals surface area contributed by atoms with Crippen molar-refractivity contribution >= 4 is 27.8 Å². The van der Waals surface area contributed by atoms with Crippen molar-refractivity contribution in [2.24, 2.45) is 0 Å². The smallest absolute Gasteiger partial charge is 0.209 e. The highest BCUT2D eigenvalue weighted by molar-refractivity contribution is 7.91. The minimum absolute atomic E-state index is 0. The molecule has 36 heavy (non-hydrogen) atoms. The van der Waals surface area contributed by atoms with E-state index in [9.17, 15) is 8.42 Å². The number of aromatic nitrogens is 1. The van der Waals surface area contributed by atoms with Crippen LogP contribution in [0.4, 0.5) is 0 Å². The quantitative estimate of drug-likeness (QED) is 0.208. The van der Waals surface area contributed by atoms with Gasteiger partial charge in [0.05, 0.1) is 17.0 Å². The van der Waals surface area contributed by atoms with Crippen LogP contribution in [-0.2, 0) is 16.3 Å². The molecule has 0 N–H and O–H groups in total. The first kappa shape index (κ1) is 30.2. The highest BCUT2D eigenvalue weighted by Gasteiger charge is 2.26. The summed E-state index contributed by atoms with van der Waals surface area (Å²) in [6.07, 6.45) is 10.3. The van der Waals surface area contributed by atoms with Crippen LogP contribution in [-0.4, -0.2) is 44.0 Å². The Morgan fingerprint density at radius 1 is 0.917 bits per heavy atom. The van der Waals surface area contributed by atoms with Crippen molar-refractivity contribution in [3.05, 3.63) is 59.4 Å². The summed E-state index contributed by atoms with van der Waals surface area (Å²) in [6, 6.07) is 9.19. The maximum absolute atomic E-state index is 13.8. The van der Waals surface area contributed by atoms with Crippen LogP contribution in [0.1, 0.15) is 69.6 Å². The number of aryl methyl sites for hydroxylation is 3. The summed E-state index contributed by atoms with van der Waals surface area (Å²) >= 11 is 0. The summed E-state index contributed by atoms with van der Waals surface area (Å²) in [5.74, 6) is 0.801. The van der Waals surface area contributed by atoms with Gasteiger partial charge in [-0.05, 0) is 93.6 Å². The van der Waals surface area contributed by atoms with Crippen molar-refractivity contribution in [3.8, 4) is 5.75 Å². The molecule has 1 aromatic carbocycles. The molecule has 5 nitrogen and oxygen atoms in total. The number of ether oxygens (including phenoxy) is 1. The van der Waals surface area contributed by atoms with E-state index in [1.807, 2.05) is 55.8 Å². The van der Waals surface area contributed by atoms with Crippen LogP contribution in [0.3, 0.4) is 0 Å². The third-order valence-electron chi connectivity index (χ3n) is 6.62. The average molecular weight is 535 g/mol. The second-order valence-electron chi connectivity index (χ2n) is 9.47. The molecule has 0 amide bonds. The number of hydrogen-bond donors (Lipinski definition) is 0. The molecule has 2 heterocycles. The molecule has 0 unspecified atom stereocenters. The van der Waals surface area contributed by atoms with Gasteiger partial charge in [0.1, 0.15) is 10.6 Å². The predicted octanol–water partition coefficient (Wildman–Crippen LogP) is 7.04. The Bertz CT molecular complexity index is 1190. The molecule has 0 saturated carbocycles. The average Bonchev–Trinajstić information content (AvgIpc) is 3.23. The van der Waals surface area contributed by atoms with E-state index in [0.717, 1.165) is 54.0 Å². The molecule has 0 saturated heterocycles. The summed E-state index contributed by atoms with van der Waals surface area (Å²) < 4.78 is 35.6. The minimum atomic E-state index is -3.66. The van der Waals surface area contributed by atoms with E-state index in [4.69, 9.17) is 4.74 Å². The predicted molar refractivity (Wildman–Crippen MR) is 152 cm³/mol. The highest BCUT2D eigenvalue weighted by atomic mass is 35.5. The van der Waals surface area contributed by atoms with Gasteiger partial charge < -0.3 is 14.0 Å². The molecule has 0 bridgehead atoms. The van der Waals surface area contributed by atoms with Crippen molar-refractivity contribution in [1.29, 1.82) is 0 Å². The number of sulfone groups is 1. The first-order valence-electron chi connectivity index (χ1n) is 13.1. The lowest BCUT2D eigenvalue weighted by atomic mass is 10.1. The standard InChI is InChI=1S/C29H42N2O3S.ClH/c1-6-9-15-30(16-10-7-2)17-13-19-34-28-23(4)20-26(21-24(28)5)35(32,33)29-25(8-3)22-31-18-12-11-14-27(29)31;/h11-12,14,18,20-22H,6-10,13,15-17,19H2,1-5H3;1H. The third-order valence-corrected chi connectivity index (χ3v) is 8.49. The molecule has 0 atom stereocenters. The highest BCUT2D eigenvalue weighted by Crippen LogP contribution is 2.34. The Hall–Kier alpha value is -2.02. The third kappa shape index (κ3) is 7.05. The summed E-state index contributed by atoms with van der Waals surface area (Å²) in [6.45, 7) is 14.3. The number of hydrogen-bond acceptors (Lipinski definition) is 4. The lowest BCUT2D eigenvalue weighted by molar-refractivity contribution is 0.228. The van der Waals surface area contributed by atoms with Crippen molar-refractivity contribution in [2.75, 3.05) is 26.2 Å². The fraction of sp³-hybridized carbons (Fsp3) is 0.517. The lowest BCUT2D eigenvalue weighted by Crippen LogP contribution is -2.28. The monoisotopic (exact) mass is 534 g/mol. The van der Waals surface area contributed by atoms with Gasteiger partial charge in [0.2, 0.25) is 9.84 Å². The molecule has 0 aliphatic carbocycles. The first-order valence-corrected chi connectivity index (χ1v) is 14.6. The number of fused-ring (bicyclic) bond motifs is 1.